The van der Waals surface area contributed by atoms with Gasteiger partial charge in [0.05, 0.1) is 13.2 Å². The summed E-state index contributed by atoms with van der Waals surface area (Å²) < 4.78 is 18.2. The highest BCUT2D eigenvalue weighted by molar-refractivity contribution is 5.33. The van der Waals surface area contributed by atoms with Crippen molar-refractivity contribution in [1.82, 2.24) is 0 Å². The summed E-state index contributed by atoms with van der Waals surface area (Å²) in [5.41, 5.74) is 0.460. The first kappa shape index (κ1) is 12.9. The van der Waals surface area contributed by atoms with Gasteiger partial charge in [0, 0.05) is 12.2 Å². The van der Waals surface area contributed by atoms with Crippen LogP contribution in [0.15, 0.2) is 18.2 Å². The molecule has 0 aliphatic carbocycles. The summed E-state index contributed by atoms with van der Waals surface area (Å²) >= 11 is 0. The van der Waals surface area contributed by atoms with E-state index in [4.69, 9.17) is 14.9 Å². The zero-order valence-electron chi connectivity index (χ0n) is 9.16. The predicted octanol–water partition coefficient (Wildman–Crippen LogP) is 1.86. The molecule has 90 valence electrons. The number of aliphatic hydroxyl groups excluding tert-OH is 2. The molecule has 0 fully saturated rings. The summed E-state index contributed by atoms with van der Waals surface area (Å²) in [6.45, 7) is 0.473. The molecule has 0 aromatic heterocycles. The van der Waals surface area contributed by atoms with Gasteiger partial charge in [-0.1, -0.05) is 0 Å². The van der Waals surface area contributed by atoms with Gasteiger partial charge in [-0.3, -0.25) is 0 Å². The Balaban J connectivity index is 2.41. The van der Waals surface area contributed by atoms with Gasteiger partial charge in [0.2, 0.25) is 0 Å². The van der Waals surface area contributed by atoms with Crippen molar-refractivity contribution in [3.63, 3.8) is 0 Å². The minimum Gasteiger partial charge on any atom is -0.493 e. The first-order valence-corrected chi connectivity index (χ1v) is 5.41. The third-order valence-electron chi connectivity index (χ3n) is 2.25. The maximum Gasteiger partial charge on any atom is 0.125 e. The second kappa shape index (κ2) is 7.19. The lowest BCUT2D eigenvalue weighted by Gasteiger charge is -2.09. The highest BCUT2D eigenvalue weighted by Gasteiger charge is 2.04. The average Bonchev–Trinajstić information content (AvgIpc) is 2.30. The number of rotatable bonds is 7. The van der Waals surface area contributed by atoms with Gasteiger partial charge in [0.25, 0.3) is 0 Å². The highest BCUT2D eigenvalue weighted by Crippen LogP contribution is 2.19. The summed E-state index contributed by atoms with van der Waals surface area (Å²) in [7, 11) is 0. The molecule has 4 heteroatoms. The Morgan fingerprint density at radius 2 is 1.94 bits per heavy atom. The molecule has 0 radical (unpaired) electrons. The number of halogens is 1. The molecule has 0 unspecified atom stereocenters. The predicted molar refractivity (Wildman–Crippen MR) is 58.8 cm³/mol. The standard InChI is InChI=1S/C12H17FO3/c13-11-4-5-12(10(8-11)9-15)16-7-3-1-2-6-14/h4-5,8,14-15H,1-3,6-7,9H2. The van der Waals surface area contributed by atoms with Crippen LogP contribution in [0.2, 0.25) is 0 Å². The number of aliphatic hydroxyl groups is 2. The van der Waals surface area contributed by atoms with Crippen LogP contribution in [0.5, 0.6) is 5.75 Å². The van der Waals surface area contributed by atoms with Crippen molar-refractivity contribution in [2.45, 2.75) is 25.9 Å². The molecule has 16 heavy (non-hydrogen) atoms. The highest BCUT2D eigenvalue weighted by atomic mass is 19.1. The molecule has 0 aliphatic heterocycles. The molecule has 0 bridgehead atoms. The van der Waals surface area contributed by atoms with E-state index in [1.807, 2.05) is 0 Å². The van der Waals surface area contributed by atoms with Gasteiger partial charge in [0.1, 0.15) is 11.6 Å². The van der Waals surface area contributed by atoms with Gasteiger partial charge >= 0.3 is 0 Å². The lowest BCUT2D eigenvalue weighted by atomic mass is 10.2. The maximum atomic E-state index is 12.8. The number of benzene rings is 1. The zero-order chi connectivity index (χ0) is 11.8. The summed E-state index contributed by atoms with van der Waals surface area (Å²) in [5.74, 6) is 0.143. The van der Waals surface area contributed by atoms with E-state index in [9.17, 15) is 4.39 Å². The smallest absolute Gasteiger partial charge is 0.125 e. The van der Waals surface area contributed by atoms with Gasteiger partial charge in [-0.15, -0.1) is 0 Å². The minimum atomic E-state index is -0.378. The molecule has 0 spiro atoms. The Hall–Kier alpha value is -1.13. The van der Waals surface area contributed by atoms with Gasteiger partial charge in [-0.05, 0) is 37.5 Å². The lowest BCUT2D eigenvalue weighted by Crippen LogP contribution is -2.01. The molecule has 0 saturated carbocycles. The topological polar surface area (TPSA) is 49.7 Å². The molecular weight excluding hydrogens is 211 g/mol. The van der Waals surface area contributed by atoms with Crippen LogP contribution in [-0.4, -0.2) is 23.4 Å². The van der Waals surface area contributed by atoms with Crippen molar-refractivity contribution in [2.75, 3.05) is 13.2 Å². The normalized spacial score (nSPS) is 10.4. The molecule has 1 aromatic rings. The Morgan fingerprint density at radius 3 is 2.62 bits per heavy atom. The van der Waals surface area contributed by atoms with E-state index in [1.165, 1.54) is 18.2 Å². The average molecular weight is 228 g/mol. The fraction of sp³-hybridized carbons (Fsp3) is 0.500. The Kier molecular flexibility index (Phi) is 5.82. The molecule has 0 heterocycles. The van der Waals surface area contributed by atoms with Crippen molar-refractivity contribution >= 4 is 0 Å². The third kappa shape index (κ3) is 4.16. The minimum absolute atomic E-state index is 0.193. The van der Waals surface area contributed by atoms with Crippen LogP contribution in [-0.2, 0) is 6.61 Å². The fourth-order valence-electron chi connectivity index (χ4n) is 1.39. The Morgan fingerprint density at radius 1 is 1.12 bits per heavy atom. The van der Waals surface area contributed by atoms with Crippen molar-refractivity contribution in [1.29, 1.82) is 0 Å². The second-order valence-electron chi connectivity index (χ2n) is 3.54. The number of hydrogen-bond donors (Lipinski definition) is 2. The van der Waals surface area contributed by atoms with E-state index in [2.05, 4.69) is 0 Å². The van der Waals surface area contributed by atoms with E-state index in [0.29, 0.717) is 17.9 Å². The molecular formula is C12H17FO3. The van der Waals surface area contributed by atoms with E-state index in [0.717, 1.165) is 19.3 Å². The first-order chi connectivity index (χ1) is 7.77. The Labute approximate surface area is 94.5 Å². The van der Waals surface area contributed by atoms with Crippen LogP contribution < -0.4 is 4.74 Å². The van der Waals surface area contributed by atoms with Crippen molar-refractivity contribution in [2.24, 2.45) is 0 Å². The van der Waals surface area contributed by atoms with Crippen LogP contribution in [0.1, 0.15) is 24.8 Å². The van der Waals surface area contributed by atoms with E-state index in [-0.39, 0.29) is 19.0 Å². The third-order valence-corrected chi connectivity index (χ3v) is 2.25. The van der Waals surface area contributed by atoms with Crippen molar-refractivity contribution in [3.05, 3.63) is 29.6 Å². The van der Waals surface area contributed by atoms with Crippen LogP contribution in [0.4, 0.5) is 4.39 Å². The van der Waals surface area contributed by atoms with Gasteiger partial charge < -0.3 is 14.9 Å². The monoisotopic (exact) mass is 228 g/mol. The van der Waals surface area contributed by atoms with Crippen LogP contribution in [0.25, 0.3) is 0 Å². The molecule has 0 atom stereocenters. The molecule has 0 aliphatic rings. The first-order valence-electron chi connectivity index (χ1n) is 5.41. The van der Waals surface area contributed by atoms with Crippen LogP contribution in [0, 0.1) is 5.82 Å². The summed E-state index contributed by atoms with van der Waals surface area (Å²) in [6, 6.07) is 4.10. The summed E-state index contributed by atoms with van der Waals surface area (Å²) in [6.07, 6.45) is 2.49. The molecule has 2 N–H and O–H groups in total. The molecule has 0 saturated heterocycles. The molecule has 3 nitrogen and oxygen atoms in total. The molecule has 0 amide bonds. The fourth-order valence-corrected chi connectivity index (χ4v) is 1.39. The van der Waals surface area contributed by atoms with Gasteiger partial charge in [-0.25, -0.2) is 4.39 Å². The van der Waals surface area contributed by atoms with E-state index in [1.54, 1.807) is 0 Å². The van der Waals surface area contributed by atoms with Gasteiger partial charge in [0.15, 0.2) is 0 Å². The largest absolute Gasteiger partial charge is 0.493 e. The number of unbranched alkanes of at least 4 members (excludes halogenated alkanes) is 2. The van der Waals surface area contributed by atoms with E-state index < -0.39 is 0 Å². The zero-order valence-corrected chi connectivity index (χ0v) is 9.16. The van der Waals surface area contributed by atoms with Gasteiger partial charge in [-0.2, -0.15) is 0 Å². The van der Waals surface area contributed by atoms with Crippen LogP contribution >= 0.6 is 0 Å². The quantitative estimate of drug-likeness (QED) is 0.700. The lowest BCUT2D eigenvalue weighted by molar-refractivity contribution is 0.251. The molecule has 1 rings (SSSR count). The number of hydrogen-bond acceptors (Lipinski definition) is 3. The number of ether oxygens (including phenoxy) is 1. The van der Waals surface area contributed by atoms with Crippen molar-refractivity contribution < 1.29 is 19.3 Å². The van der Waals surface area contributed by atoms with E-state index >= 15 is 0 Å². The Bertz CT molecular complexity index is 315. The summed E-state index contributed by atoms with van der Waals surface area (Å²) in [4.78, 5) is 0. The van der Waals surface area contributed by atoms with Crippen molar-refractivity contribution in [3.8, 4) is 5.75 Å². The SMILES string of the molecule is OCCCCCOc1ccc(F)cc1CO. The van der Waals surface area contributed by atoms with Crippen LogP contribution in [0.3, 0.4) is 0 Å². The maximum absolute atomic E-state index is 12.8. The summed E-state index contributed by atoms with van der Waals surface area (Å²) in [5, 5.41) is 17.6. The molecule has 1 aromatic carbocycles. The second-order valence-corrected chi connectivity index (χ2v) is 3.54.